The van der Waals surface area contributed by atoms with E-state index in [9.17, 15) is 9.18 Å². The average molecular weight is 441 g/mol. The van der Waals surface area contributed by atoms with E-state index in [-0.39, 0.29) is 18.1 Å². The second-order valence-corrected chi connectivity index (χ2v) is 6.97. The number of carbonyl (C=O) groups is 1. The van der Waals surface area contributed by atoms with Crippen LogP contribution in [-0.2, 0) is 17.8 Å². The van der Waals surface area contributed by atoms with Crippen LogP contribution in [0.2, 0.25) is 0 Å². The van der Waals surface area contributed by atoms with Crippen LogP contribution >= 0.6 is 15.9 Å². The van der Waals surface area contributed by atoms with Crippen molar-refractivity contribution in [1.82, 2.24) is 5.43 Å². The summed E-state index contributed by atoms with van der Waals surface area (Å²) < 4.78 is 19.7. The van der Waals surface area contributed by atoms with Gasteiger partial charge >= 0.3 is 0 Å². The molecule has 0 atom stereocenters. The SMILES string of the molecule is O=C(Cc1ccc(Br)cc1)N/N=C/c1ccccc1OCc1ccc(F)cc1. The zero-order valence-electron chi connectivity index (χ0n) is 14.9. The largest absolute Gasteiger partial charge is 0.488 e. The zero-order valence-corrected chi connectivity index (χ0v) is 16.5. The van der Waals surface area contributed by atoms with Crippen molar-refractivity contribution in [3.05, 3.63) is 99.8 Å². The maximum Gasteiger partial charge on any atom is 0.244 e. The van der Waals surface area contributed by atoms with Crippen molar-refractivity contribution in [2.24, 2.45) is 5.10 Å². The van der Waals surface area contributed by atoms with Crippen LogP contribution in [0.1, 0.15) is 16.7 Å². The average Bonchev–Trinajstić information content (AvgIpc) is 2.70. The Hall–Kier alpha value is -2.99. The van der Waals surface area contributed by atoms with Gasteiger partial charge in [0.15, 0.2) is 0 Å². The fourth-order valence-electron chi connectivity index (χ4n) is 2.46. The molecule has 0 spiro atoms. The standard InChI is InChI=1S/C22H18BrFN2O2/c23-19-9-5-16(6-10-19)13-22(27)26-25-14-18-3-1-2-4-21(18)28-15-17-7-11-20(24)12-8-17/h1-12,14H,13,15H2,(H,26,27)/b25-14+. The summed E-state index contributed by atoms with van der Waals surface area (Å²) in [6, 6.07) is 21.0. The van der Waals surface area contributed by atoms with E-state index < -0.39 is 0 Å². The highest BCUT2D eigenvalue weighted by Gasteiger charge is 2.04. The highest BCUT2D eigenvalue weighted by atomic mass is 79.9. The molecule has 3 aromatic rings. The molecular formula is C22H18BrFN2O2. The van der Waals surface area contributed by atoms with Gasteiger partial charge in [0.25, 0.3) is 0 Å². The molecule has 3 aromatic carbocycles. The quantitative estimate of drug-likeness (QED) is 0.421. The molecule has 0 saturated carbocycles. The van der Waals surface area contributed by atoms with E-state index in [4.69, 9.17) is 4.74 Å². The molecule has 0 aliphatic rings. The number of hydrogen-bond acceptors (Lipinski definition) is 3. The number of nitrogens with one attached hydrogen (secondary N) is 1. The Labute approximate surface area is 171 Å². The number of carbonyl (C=O) groups excluding carboxylic acids is 1. The van der Waals surface area contributed by atoms with Gasteiger partial charge in [-0.05, 0) is 47.5 Å². The first-order valence-corrected chi connectivity index (χ1v) is 9.42. The minimum atomic E-state index is -0.282. The number of halogens is 2. The van der Waals surface area contributed by atoms with Crippen molar-refractivity contribution in [1.29, 1.82) is 0 Å². The van der Waals surface area contributed by atoms with Gasteiger partial charge < -0.3 is 4.74 Å². The Morgan fingerprint density at radius 1 is 1.00 bits per heavy atom. The van der Waals surface area contributed by atoms with E-state index in [2.05, 4.69) is 26.5 Å². The first kappa shape index (κ1) is 19.8. The molecule has 142 valence electrons. The molecular weight excluding hydrogens is 423 g/mol. The second kappa shape index (κ2) is 9.80. The third-order valence-electron chi connectivity index (χ3n) is 3.90. The van der Waals surface area contributed by atoms with Crippen LogP contribution in [0.5, 0.6) is 5.75 Å². The van der Waals surface area contributed by atoms with Crippen LogP contribution in [0.3, 0.4) is 0 Å². The van der Waals surface area contributed by atoms with Crippen molar-refractivity contribution in [2.75, 3.05) is 0 Å². The summed E-state index contributed by atoms with van der Waals surface area (Å²) in [5.41, 5.74) is 5.01. The summed E-state index contributed by atoms with van der Waals surface area (Å²) >= 11 is 3.36. The molecule has 0 bridgehead atoms. The highest BCUT2D eigenvalue weighted by molar-refractivity contribution is 9.10. The summed E-state index contributed by atoms with van der Waals surface area (Å²) in [7, 11) is 0. The molecule has 0 aliphatic carbocycles. The van der Waals surface area contributed by atoms with Gasteiger partial charge in [-0.15, -0.1) is 0 Å². The molecule has 0 radical (unpaired) electrons. The number of rotatable bonds is 7. The summed E-state index contributed by atoms with van der Waals surface area (Å²) in [6.07, 6.45) is 1.78. The van der Waals surface area contributed by atoms with Crippen LogP contribution in [0.4, 0.5) is 4.39 Å². The van der Waals surface area contributed by atoms with Gasteiger partial charge in [0, 0.05) is 10.0 Å². The molecule has 0 unspecified atom stereocenters. The van der Waals surface area contributed by atoms with Crippen molar-refractivity contribution in [3.8, 4) is 5.75 Å². The van der Waals surface area contributed by atoms with Crippen LogP contribution in [0.15, 0.2) is 82.4 Å². The van der Waals surface area contributed by atoms with E-state index in [0.29, 0.717) is 12.4 Å². The molecule has 4 nitrogen and oxygen atoms in total. The van der Waals surface area contributed by atoms with Gasteiger partial charge in [-0.3, -0.25) is 4.79 Å². The van der Waals surface area contributed by atoms with Crippen molar-refractivity contribution >= 4 is 28.1 Å². The predicted octanol–water partition coefficient (Wildman–Crippen LogP) is 4.86. The van der Waals surface area contributed by atoms with Crippen molar-refractivity contribution < 1.29 is 13.9 Å². The normalized spacial score (nSPS) is 10.8. The lowest BCUT2D eigenvalue weighted by Crippen LogP contribution is -2.19. The van der Waals surface area contributed by atoms with Gasteiger partial charge in [0.2, 0.25) is 5.91 Å². The van der Waals surface area contributed by atoms with Gasteiger partial charge in [-0.25, -0.2) is 9.82 Å². The Balaban J connectivity index is 1.56. The number of nitrogens with zero attached hydrogens (tertiary/aromatic N) is 1. The fraction of sp³-hybridized carbons (Fsp3) is 0.0909. The fourth-order valence-corrected chi connectivity index (χ4v) is 2.73. The third kappa shape index (κ3) is 6.03. The van der Waals surface area contributed by atoms with Crippen molar-refractivity contribution in [2.45, 2.75) is 13.0 Å². The maximum atomic E-state index is 13.0. The lowest BCUT2D eigenvalue weighted by molar-refractivity contribution is -0.120. The molecule has 1 amide bonds. The molecule has 1 N–H and O–H groups in total. The number of hydrazone groups is 1. The Kier molecular flexibility index (Phi) is 6.92. The lowest BCUT2D eigenvalue weighted by Gasteiger charge is -2.09. The summed E-state index contributed by atoms with van der Waals surface area (Å²) in [5.74, 6) is 0.135. The van der Waals surface area contributed by atoms with Crippen molar-refractivity contribution in [3.63, 3.8) is 0 Å². The number of ether oxygens (including phenoxy) is 1. The van der Waals surface area contributed by atoms with Gasteiger partial charge in [-0.2, -0.15) is 5.10 Å². The van der Waals surface area contributed by atoms with E-state index >= 15 is 0 Å². The Morgan fingerprint density at radius 3 is 2.43 bits per heavy atom. The number of benzene rings is 3. The molecule has 6 heteroatoms. The molecule has 28 heavy (non-hydrogen) atoms. The molecule has 0 saturated heterocycles. The van der Waals surface area contributed by atoms with Crippen LogP contribution in [-0.4, -0.2) is 12.1 Å². The maximum absolute atomic E-state index is 13.0. The van der Waals surface area contributed by atoms with E-state index in [1.165, 1.54) is 12.1 Å². The molecule has 3 rings (SSSR count). The lowest BCUT2D eigenvalue weighted by atomic mass is 10.1. The van der Waals surface area contributed by atoms with Crippen LogP contribution in [0, 0.1) is 5.82 Å². The number of hydrogen-bond donors (Lipinski definition) is 1. The highest BCUT2D eigenvalue weighted by Crippen LogP contribution is 2.18. The number of amides is 1. The Morgan fingerprint density at radius 2 is 1.68 bits per heavy atom. The zero-order chi connectivity index (χ0) is 19.8. The minimum Gasteiger partial charge on any atom is -0.488 e. The predicted molar refractivity (Wildman–Crippen MR) is 111 cm³/mol. The van der Waals surface area contributed by atoms with Gasteiger partial charge in [0.05, 0.1) is 12.6 Å². The monoisotopic (exact) mass is 440 g/mol. The number of para-hydroxylation sites is 1. The van der Waals surface area contributed by atoms with Crippen LogP contribution in [0.25, 0.3) is 0 Å². The summed E-state index contributed by atoms with van der Waals surface area (Å²) in [4.78, 5) is 12.0. The summed E-state index contributed by atoms with van der Waals surface area (Å²) in [6.45, 7) is 0.307. The minimum absolute atomic E-state index is 0.205. The van der Waals surface area contributed by atoms with E-state index in [1.54, 1.807) is 18.3 Å². The van der Waals surface area contributed by atoms with E-state index in [0.717, 1.165) is 21.2 Å². The third-order valence-corrected chi connectivity index (χ3v) is 4.43. The summed E-state index contributed by atoms with van der Waals surface area (Å²) in [5, 5.41) is 4.02. The first-order chi connectivity index (χ1) is 13.6. The topological polar surface area (TPSA) is 50.7 Å². The smallest absolute Gasteiger partial charge is 0.244 e. The van der Waals surface area contributed by atoms with Crippen LogP contribution < -0.4 is 10.2 Å². The first-order valence-electron chi connectivity index (χ1n) is 8.63. The Bertz CT molecular complexity index is 957. The molecule has 0 aliphatic heterocycles. The second-order valence-electron chi connectivity index (χ2n) is 6.05. The van der Waals surface area contributed by atoms with E-state index in [1.807, 2.05) is 48.5 Å². The molecule has 0 heterocycles. The van der Waals surface area contributed by atoms with Gasteiger partial charge in [0.1, 0.15) is 18.2 Å². The van der Waals surface area contributed by atoms with Gasteiger partial charge in [-0.1, -0.05) is 52.3 Å². The molecule has 0 aromatic heterocycles. The molecule has 0 fully saturated rings.